The molecule has 2 aromatic rings. The van der Waals surface area contributed by atoms with E-state index in [1.807, 2.05) is 29.1 Å². The van der Waals surface area contributed by atoms with Crippen molar-refractivity contribution in [2.45, 2.75) is 31.2 Å². The molecule has 7 heteroatoms. The molecular weight excluding hydrogens is 337 g/mol. The van der Waals surface area contributed by atoms with Gasteiger partial charge < -0.3 is 10.6 Å². The molecule has 2 rings (SSSR count). The Morgan fingerprint density at radius 1 is 1.24 bits per heavy atom. The number of thioether (sulfide) groups is 1. The van der Waals surface area contributed by atoms with Gasteiger partial charge in [0.2, 0.25) is 0 Å². The first-order chi connectivity index (χ1) is 12.3. The molecule has 0 bridgehead atoms. The van der Waals surface area contributed by atoms with Gasteiger partial charge in [-0.25, -0.2) is 4.39 Å². The van der Waals surface area contributed by atoms with E-state index in [-0.39, 0.29) is 5.82 Å². The minimum Gasteiger partial charge on any atom is -0.357 e. The van der Waals surface area contributed by atoms with Crippen LogP contribution in [0, 0.1) is 5.82 Å². The van der Waals surface area contributed by atoms with Gasteiger partial charge in [0.1, 0.15) is 5.82 Å². The molecule has 0 radical (unpaired) electrons. The first kappa shape index (κ1) is 19.3. The summed E-state index contributed by atoms with van der Waals surface area (Å²) >= 11 is 1.73. The van der Waals surface area contributed by atoms with Gasteiger partial charge in [-0.2, -0.15) is 5.10 Å². The molecule has 1 aromatic carbocycles. The van der Waals surface area contributed by atoms with E-state index < -0.39 is 0 Å². The monoisotopic (exact) mass is 363 g/mol. The highest BCUT2D eigenvalue weighted by molar-refractivity contribution is 7.99. The van der Waals surface area contributed by atoms with Crippen LogP contribution in [0.1, 0.15) is 19.8 Å². The van der Waals surface area contributed by atoms with Crippen molar-refractivity contribution in [3.8, 4) is 0 Å². The molecule has 0 amide bonds. The Morgan fingerprint density at radius 2 is 2.08 bits per heavy atom. The molecule has 5 nitrogen and oxygen atoms in total. The van der Waals surface area contributed by atoms with E-state index in [1.165, 1.54) is 12.1 Å². The SMILES string of the molecule is CCNC(=NCCCSc1ccc(F)cc1)NCCCn1cccn1. The summed E-state index contributed by atoms with van der Waals surface area (Å²) in [6, 6.07) is 8.56. The molecule has 0 unspecified atom stereocenters. The minimum absolute atomic E-state index is 0.192. The van der Waals surface area contributed by atoms with Crippen molar-refractivity contribution >= 4 is 17.7 Å². The fourth-order valence-corrected chi connectivity index (χ4v) is 3.04. The molecule has 0 aliphatic carbocycles. The molecule has 0 aliphatic heterocycles. The van der Waals surface area contributed by atoms with E-state index in [4.69, 9.17) is 0 Å². The number of nitrogens with one attached hydrogen (secondary N) is 2. The van der Waals surface area contributed by atoms with Crippen molar-refractivity contribution in [2.75, 3.05) is 25.4 Å². The lowest BCUT2D eigenvalue weighted by Gasteiger charge is -2.11. The Bertz CT molecular complexity index is 613. The van der Waals surface area contributed by atoms with Crippen LogP contribution in [-0.2, 0) is 6.54 Å². The van der Waals surface area contributed by atoms with Crippen LogP contribution in [0.25, 0.3) is 0 Å². The van der Waals surface area contributed by atoms with Crippen molar-refractivity contribution in [3.05, 3.63) is 48.5 Å². The Balaban J connectivity index is 1.61. The molecule has 0 saturated carbocycles. The smallest absolute Gasteiger partial charge is 0.191 e. The molecule has 0 atom stereocenters. The maximum absolute atomic E-state index is 12.9. The third kappa shape index (κ3) is 8.07. The molecule has 0 saturated heterocycles. The Hall–Kier alpha value is -2.02. The minimum atomic E-state index is -0.192. The summed E-state index contributed by atoms with van der Waals surface area (Å²) in [4.78, 5) is 5.68. The number of halogens is 1. The number of rotatable bonds is 10. The van der Waals surface area contributed by atoms with E-state index in [0.29, 0.717) is 0 Å². The lowest BCUT2D eigenvalue weighted by Crippen LogP contribution is -2.38. The maximum Gasteiger partial charge on any atom is 0.191 e. The van der Waals surface area contributed by atoms with Crippen molar-refractivity contribution < 1.29 is 4.39 Å². The van der Waals surface area contributed by atoms with Crippen molar-refractivity contribution in [1.29, 1.82) is 0 Å². The highest BCUT2D eigenvalue weighted by atomic mass is 32.2. The van der Waals surface area contributed by atoms with Crippen LogP contribution in [-0.4, -0.2) is 41.1 Å². The van der Waals surface area contributed by atoms with Crippen molar-refractivity contribution in [2.24, 2.45) is 4.99 Å². The predicted octanol–water partition coefficient (Wildman–Crippen LogP) is 3.15. The second-order valence-electron chi connectivity index (χ2n) is 5.47. The van der Waals surface area contributed by atoms with Gasteiger partial charge in [-0.1, -0.05) is 0 Å². The zero-order valence-corrected chi connectivity index (χ0v) is 15.4. The van der Waals surface area contributed by atoms with Gasteiger partial charge in [0, 0.05) is 43.5 Å². The normalized spacial score (nSPS) is 11.5. The molecule has 1 heterocycles. The van der Waals surface area contributed by atoms with Crippen LogP contribution in [0.5, 0.6) is 0 Å². The van der Waals surface area contributed by atoms with E-state index in [0.717, 1.165) is 55.6 Å². The first-order valence-corrected chi connectivity index (χ1v) is 9.64. The number of aliphatic imine (C=N–C) groups is 1. The van der Waals surface area contributed by atoms with Crippen LogP contribution in [0.3, 0.4) is 0 Å². The predicted molar refractivity (Wildman–Crippen MR) is 103 cm³/mol. The average molecular weight is 364 g/mol. The molecule has 0 fully saturated rings. The lowest BCUT2D eigenvalue weighted by atomic mass is 10.4. The molecule has 136 valence electrons. The van der Waals surface area contributed by atoms with Crippen LogP contribution >= 0.6 is 11.8 Å². The fourth-order valence-electron chi connectivity index (χ4n) is 2.20. The topological polar surface area (TPSA) is 54.2 Å². The van der Waals surface area contributed by atoms with Gasteiger partial charge in [0.25, 0.3) is 0 Å². The molecular formula is C18H26FN5S. The lowest BCUT2D eigenvalue weighted by molar-refractivity contribution is 0.570. The van der Waals surface area contributed by atoms with Crippen LogP contribution in [0.4, 0.5) is 4.39 Å². The van der Waals surface area contributed by atoms with E-state index in [2.05, 4.69) is 27.6 Å². The first-order valence-electron chi connectivity index (χ1n) is 8.66. The van der Waals surface area contributed by atoms with Gasteiger partial charge in [-0.3, -0.25) is 9.67 Å². The summed E-state index contributed by atoms with van der Waals surface area (Å²) in [6.45, 7) is 5.42. The van der Waals surface area contributed by atoms with Gasteiger partial charge >= 0.3 is 0 Å². The van der Waals surface area contributed by atoms with Gasteiger partial charge in [-0.05, 0) is 55.9 Å². The maximum atomic E-state index is 12.9. The number of hydrogen-bond donors (Lipinski definition) is 2. The molecule has 2 N–H and O–H groups in total. The number of nitrogens with zero attached hydrogens (tertiary/aromatic N) is 3. The second-order valence-corrected chi connectivity index (χ2v) is 6.63. The zero-order chi connectivity index (χ0) is 17.7. The standard InChI is InChI=1S/C18H26FN5S/c1-2-20-18(21-10-3-13-24-14-4-12-23-24)22-11-5-15-25-17-8-6-16(19)7-9-17/h4,6-9,12,14H,2-3,5,10-11,13,15H2,1H3,(H2,20,21,22). The Labute approximate surface area is 153 Å². The average Bonchev–Trinajstić information content (AvgIpc) is 3.13. The number of aromatic nitrogens is 2. The Kier molecular flexibility index (Phi) is 8.90. The number of hydrogen-bond acceptors (Lipinski definition) is 3. The number of aryl methyl sites for hydroxylation is 1. The van der Waals surface area contributed by atoms with E-state index >= 15 is 0 Å². The molecule has 0 spiro atoms. The van der Waals surface area contributed by atoms with Gasteiger partial charge in [-0.15, -0.1) is 11.8 Å². The zero-order valence-electron chi connectivity index (χ0n) is 14.6. The third-order valence-corrected chi connectivity index (χ3v) is 4.51. The van der Waals surface area contributed by atoms with Crippen molar-refractivity contribution in [3.63, 3.8) is 0 Å². The second kappa shape index (κ2) is 11.5. The summed E-state index contributed by atoms with van der Waals surface area (Å²) in [5.41, 5.74) is 0. The number of guanidine groups is 1. The van der Waals surface area contributed by atoms with Crippen molar-refractivity contribution in [1.82, 2.24) is 20.4 Å². The largest absolute Gasteiger partial charge is 0.357 e. The molecule has 25 heavy (non-hydrogen) atoms. The fraction of sp³-hybridized carbons (Fsp3) is 0.444. The number of benzene rings is 1. The van der Waals surface area contributed by atoms with Crippen LogP contribution < -0.4 is 10.6 Å². The summed E-state index contributed by atoms with van der Waals surface area (Å²) < 4.78 is 14.8. The highest BCUT2D eigenvalue weighted by Crippen LogP contribution is 2.18. The molecule has 1 aromatic heterocycles. The third-order valence-electron chi connectivity index (χ3n) is 3.41. The summed E-state index contributed by atoms with van der Waals surface area (Å²) in [6.07, 6.45) is 5.74. The Morgan fingerprint density at radius 3 is 2.80 bits per heavy atom. The van der Waals surface area contributed by atoms with Crippen LogP contribution in [0.2, 0.25) is 0 Å². The quantitative estimate of drug-likeness (QED) is 0.295. The summed E-state index contributed by atoms with van der Waals surface area (Å²) in [5, 5.41) is 10.8. The van der Waals surface area contributed by atoms with E-state index in [9.17, 15) is 4.39 Å². The van der Waals surface area contributed by atoms with Gasteiger partial charge in [0.05, 0.1) is 0 Å². The summed E-state index contributed by atoms with van der Waals surface area (Å²) in [5.74, 6) is 1.63. The molecule has 0 aliphatic rings. The summed E-state index contributed by atoms with van der Waals surface area (Å²) in [7, 11) is 0. The highest BCUT2D eigenvalue weighted by Gasteiger charge is 1.98. The van der Waals surface area contributed by atoms with Crippen LogP contribution in [0.15, 0.2) is 52.6 Å². The van der Waals surface area contributed by atoms with E-state index in [1.54, 1.807) is 18.0 Å². The van der Waals surface area contributed by atoms with Gasteiger partial charge in [0.15, 0.2) is 5.96 Å².